The number of rotatable bonds is 9. The van der Waals surface area contributed by atoms with Crippen molar-refractivity contribution in [2.45, 2.75) is 5.16 Å². The Kier molecular flexibility index (Phi) is 6.69. The van der Waals surface area contributed by atoms with Crippen molar-refractivity contribution in [1.82, 2.24) is 9.55 Å². The lowest BCUT2D eigenvalue weighted by Crippen LogP contribution is -2.07. The van der Waals surface area contributed by atoms with Crippen molar-refractivity contribution in [3.05, 3.63) is 76.3 Å². The van der Waals surface area contributed by atoms with Gasteiger partial charge in [-0.3, -0.25) is 19.5 Å². The molecule has 0 N–H and O–H groups in total. The highest BCUT2D eigenvalue weighted by atomic mass is 32.2. The molecule has 0 unspecified atom stereocenters. The molecule has 0 spiro atoms. The van der Waals surface area contributed by atoms with Crippen LogP contribution in [0.2, 0.25) is 0 Å². The largest absolute Gasteiger partial charge is 0.497 e. The Bertz CT molecular complexity index is 1380. The number of ketones is 1. The van der Waals surface area contributed by atoms with Crippen molar-refractivity contribution in [1.29, 1.82) is 0 Å². The lowest BCUT2D eigenvalue weighted by atomic mass is 10.1. The van der Waals surface area contributed by atoms with Crippen molar-refractivity contribution in [2.24, 2.45) is 0 Å². The zero-order valence-electron chi connectivity index (χ0n) is 18.7. The topological polar surface area (TPSA) is 106 Å². The number of para-hydroxylation sites is 2. The normalized spacial score (nSPS) is 10.8. The van der Waals surface area contributed by atoms with Crippen molar-refractivity contribution >= 4 is 34.3 Å². The molecule has 0 aliphatic heterocycles. The molecule has 1 heterocycles. The van der Waals surface area contributed by atoms with Crippen LogP contribution in [0, 0.1) is 10.1 Å². The first-order valence-electron chi connectivity index (χ1n) is 10.1. The second-order valence-corrected chi connectivity index (χ2v) is 8.05. The van der Waals surface area contributed by atoms with Crippen LogP contribution in [0.15, 0.2) is 65.8 Å². The van der Waals surface area contributed by atoms with Gasteiger partial charge >= 0.3 is 0 Å². The molecule has 34 heavy (non-hydrogen) atoms. The van der Waals surface area contributed by atoms with Gasteiger partial charge in [0.1, 0.15) is 17.2 Å². The molecule has 4 rings (SSSR count). The molecular formula is C24H21N3O6S. The molecule has 0 fully saturated rings. The molecule has 9 nitrogen and oxygen atoms in total. The molecule has 0 saturated heterocycles. The summed E-state index contributed by atoms with van der Waals surface area (Å²) in [6.07, 6.45) is 0. The third kappa shape index (κ3) is 4.40. The summed E-state index contributed by atoms with van der Waals surface area (Å²) in [4.78, 5) is 28.4. The van der Waals surface area contributed by atoms with Crippen LogP contribution in [-0.4, -0.2) is 47.3 Å². The minimum absolute atomic E-state index is 0.0622. The number of hydrogen-bond acceptors (Lipinski definition) is 8. The highest BCUT2D eigenvalue weighted by Crippen LogP contribution is 2.34. The average Bonchev–Trinajstić information content (AvgIpc) is 3.24. The number of carbonyl (C=O) groups is 1. The predicted octanol–water partition coefficient (Wildman–Crippen LogP) is 4.93. The van der Waals surface area contributed by atoms with Crippen molar-refractivity contribution < 1.29 is 23.9 Å². The Labute approximate surface area is 199 Å². The van der Waals surface area contributed by atoms with Gasteiger partial charge in [-0.25, -0.2) is 4.98 Å². The highest BCUT2D eigenvalue weighted by molar-refractivity contribution is 7.99. The Morgan fingerprint density at radius 3 is 2.47 bits per heavy atom. The number of methoxy groups -OCH3 is 3. The number of nitro benzene ring substituents is 1. The van der Waals surface area contributed by atoms with Crippen molar-refractivity contribution in [3.8, 4) is 22.9 Å². The van der Waals surface area contributed by atoms with Crippen molar-refractivity contribution in [3.63, 3.8) is 0 Å². The molecule has 0 radical (unpaired) electrons. The van der Waals surface area contributed by atoms with E-state index in [9.17, 15) is 14.9 Å². The summed E-state index contributed by atoms with van der Waals surface area (Å²) in [5.41, 5.74) is 2.17. The fourth-order valence-corrected chi connectivity index (χ4v) is 4.45. The molecule has 0 amide bonds. The van der Waals surface area contributed by atoms with Crippen molar-refractivity contribution in [2.75, 3.05) is 27.1 Å². The number of ether oxygens (including phenoxy) is 3. The van der Waals surface area contributed by atoms with E-state index in [1.807, 2.05) is 28.8 Å². The van der Waals surface area contributed by atoms with Crippen LogP contribution in [-0.2, 0) is 0 Å². The molecule has 3 aromatic carbocycles. The summed E-state index contributed by atoms with van der Waals surface area (Å²) in [6.45, 7) is 0. The summed E-state index contributed by atoms with van der Waals surface area (Å²) >= 11 is 1.22. The van der Waals surface area contributed by atoms with Gasteiger partial charge in [0, 0.05) is 18.2 Å². The molecule has 0 aliphatic rings. The number of non-ortho nitro benzene ring substituents is 1. The van der Waals surface area contributed by atoms with Gasteiger partial charge < -0.3 is 14.2 Å². The molecule has 1 aromatic heterocycles. The first-order chi connectivity index (χ1) is 16.5. The number of imidazole rings is 1. The molecule has 0 atom stereocenters. The standard InChI is InChI=1S/C24H21N3O6S/c1-31-16-9-10-17(23(13-16)33-3)21(28)14-34-24-25-18-12-15(27(29)30)8-11-19(18)26(24)20-6-4-5-7-22(20)32-2/h4-13H,14H2,1-3H3. The smallest absolute Gasteiger partial charge is 0.271 e. The molecule has 0 aliphatic carbocycles. The lowest BCUT2D eigenvalue weighted by molar-refractivity contribution is -0.384. The number of fused-ring (bicyclic) bond motifs is 1. The maximum atomic E-state index is 13.0. The van der Waals surface area contributed by atoms with Crippen LogP contribution in [0.1, 0.15) is 10.4 Å². The predicted molar refractivity (Wildman–Crippen MR) is 129 cm³/mol. The molecule has 10 heteroatoms. The van der Waals surface area contributed by atoms with Crippen LogP contribution in [0.25, 0.3) is 16.7 Å². The second-order valence-electron chi connectivity index (χ2n) is 7.11. The van der Waals surface area contributed by atoms with Crippen LogP contribution >= 0.6 is 11.8 Å². The van der Waals surface area contributed by atoms with E-state index in [1.165, 1.54) is 31.0 Å². The van der Waals surface area contributed by atoms with Gasteiger partial charge in [-0.05, 0) is 30.3 Å². The van der Waals surface area contributed by atoms with Crippen LogP contribution < -0.4 is 14.2 Å². The van der Waals surface area contributed by atoms with E-state index in [1.54, 1.807) is 38.5 Å². The number of benzene rings is 3. The first-order valence-corrected chi connectivity index (χ1v) is 11.1. The number of hydrogen-bond donors (Lipinski definition) is 0. The van der Waals surface area contributed by atoms with Gasteiger partial charge in [-0.15, -0.1) is 0 Å². The van der Waals surface area contributed by atoms with Gasteiger partial charge in [0.25, 0.3) is 5.69 Å². The lowest BCUT2D eigenvalue weighted by Gasteiger charge is -2.13. The quantitative estimate of drug-likeness (QED) is 0.144. The van der Waals surface area contributed by atoms with Gasteiger partial charge in [0.15, 0.2) is 10.9 Å². The molecule has 174 valence electrons. The maximum absolute atomic E-state index is 13.0. The van der Waals surface area contributed by atoms with Crippen LogP contribution in [0.3, 0.4) is 0 Å². The third-order valence-corrected chi connectivity index (χ3v) is 6.12. The first kappa shape index (κ1) is 23.1. The second kappa shape index (κ2) is 9.84. The highest BCUT2D eigenvalue weighted by Gasteiger charge is 2.21. The van der Waals surface area contributed by atoms with E-state index in [-0.39, 0.29) is 17.2 Å². The minimum atomic E-state index is -0.464. The monoisotopic (exact) mass is 479 g/mol. The van der Waals surface area contributed by atoms with Crippen LogP contribution in [0.4, 0.5) is 5.69 Å². The van der Waals surface area contributed by atoms with Crippen LogP contribution in [0.5, 0.6) is 17.2 Å². The summed E-state index contributed by atoms with van der Waals surface area (Å²) in [6, 6.07) is 16.9. The van der Waals surface area contributed by atoms with E-state index < -0.39 is 4.92 Å². The van der Waals surface area contributed by atoms with E-state index in [0.29, 0.717) is 44.7 Å². The fourth-order valence-electron chi connectivity index (χ4n) is 3.54. The van der Waals surface area contributed by atoms with Gasteiger partial charge in [0.05, 0.1) is 54.3 Å². The Hall–Kier alpha value is -4.05. The average molecular weight is 480 g/mol. The number of nitrogens with zero attached hydrogens (tertiary/aromatic N) is 3. The number of aromatic nitrogens is 2. The summed E-state index contributed by atoms with van der Waals surface area (Å²) in [7, 11) is 4.60. The Balaban J connectivity index is 1.74. The molecule has 0 saturated carbocycles. The number of nitro groups is 1. The third-order valence-electron chi connectivity index (χ3n) is 5.19. The SMILES string of the molecule is COc1ccc(C(=O)CSc2nc3cc([N+](=O)[O-])ccc3n2-c2ccccc2OC)c(OC)c1. The molecule has 4 aromatic rings. The molecule has 0 bridgehead atoms. The summed E-state index contributed by atoms with van der Waals surface area (Å²) in [5.74, 6) is 1.52. The van der Waals surface area contributed by atoms with E-state index >= 15 is 0 Å². The van der Waals surface area contributed by atoms with Gasteiger partial charge in [0.2, 0.25) is 0 Å². The number of thioether (sulfide) groups is 1. The number of carbonyl (C=O) groups excluding carboxylic acids is 1. The number of Topliss-reactive ketones (excluding diaryl/α,β-unsaturated/α-hetero) is 1. The van der Waals surface area contributed by atoms with E-state index in [2.05, 4.69) is 4.98 Å². The fraction of sp³-hybridized carbons (Fsp3) is 0.167. The zero-order valence-corrected chi connectivity index (χ0v) is 19.5. The summed E-state index contributed by atoms with van der Waals surface area (Å²) in [5, 5.41) is 11.8. The molecular weight excluding hydrogens is 458 g/mol. The Morgan fingerprint density at radius 1 is 1.00 bits per heavy atom. The maximum Gasteiger partial charge on any atom is 0.271 e. The zero-order chi connectivity index (χ0) is 24.2. The van der Waals surface area contributed by atoms with Gasteiger partial charge in [-0.1, -0.05) is 23.9 Å². The minimum Gasteiger partial charge on any atom is -0.497 e. The van der Waals surface area contributed by atoms with E-state index in [0.717, 1.165) is 0 Å². The Morgan fingerprint density at radius 2 is 1.76 bits per heavy atom. The van der Waals surface area contributed by atoms with E-state index in [4.69, 9.17) is 14.2 Å². The summed E-state index contributed by atoms with van der Waals surface area (Å²) < 4.78 is 17.9. The van der Waals surface area contributed by atoms with Gasteiger partial charge in [-0.2, -0.15) is 0 Å².